The zero-order chi connectivity index (χ0) is 14.4. The molecule has 0 unspecified atom stereocenters. The molecule has 106 valence electrons. The molecule has 2 rings (SSSR count). The summed E-state index contributed by atoms with van der Waals surface area (Å²) in [5.41, 5.74) is 2.03. The molecule has 20 heavy (non-hydrogen) atoms. The Bertz CT molecular complexity index is 565. The Morgan fingerprint density at radius 3 is 2.70 bits per heavy atom. The molecule has 2 N–H and O–H groups in total. The fraction of sp³-hybridized carbons (Fsp3) is 0.286. The topological polar surface area (TPSA) is 51.1 Å². The van der Waals surface area contributed by atoms with E-state index in [1.807, 2.05) is 41.3 Å². The Morgan fingerprint density at radius 1 is 1.35 bits per heavy atom. The van der Waals surface area contributed by atoms with Crippen LogP contribution in [0, 0.1) is 0 Å². The Labute approximate surface area is 123 Å². The highest BCUT2D eigenvalue weighted by atomic mass is 32.1. The van der Waals surface area contributed by atoms with Crippen LogP contribution in [0.4, 0.5) is 5.69 Å². The van der Waals surface area contributed by atoms with Crippen LogP contribution in [-0.2, 0) is 13.1 Å². The minimum Gasteiger partial charge on any atom is -0.497 e. The first kappa shape index (κ1) is 14.3. The third-order valence-corrected chi connectivity index (χ3v) is 3.06. The molecular formula is C14H18N4OS. The van der Waals surface area contributed by atoms with Gasteiger partial charge in [-0.1, -0.05) is 0 Å². The number of nitrogens with zero attached hydrogens (tertiary/aromatic N) is 2. The fourth-order valence-electron chi connectivity index (χ4n) is 1.70. The Balaban J connectivity index is 1.82. The number of aryl methyl sites for hydroxylation is 1. The van der Waals surface area contributed by atoms with Crippen molar-refractivity contribution >= 4 is 23.0 Å². The highest BCUT2D eigenvalue weighted by Gasteiger charge is 2.00. The summed E-state index contributed by atoms with van der Waals surface area (Å²) in [5, 5.41) is 11.1. The molecule has 0 fully saturated rings. The van der Waals surface area contributed by atoms with Gasteiger partial charge in [0.1, 0.15) is 5.75 Å². The van der Waals surface area contributed by atoms with E-state index in [1.54, 1.807) is 7.11 Å². The Hall–Kier alpha value is -2.08. The van der Waals surface area contributed by atoms with Crippen LogP contribution in [-0.4, -0.2) is 22.0 Å². The molecule has 0 aliphatic rings. The third kappa shape index (κ3) is 3.96. The first-order valence-electron chi connectivity index (χ1n) is 6.41. The van der Waals surface area contributed by atoms with E-state index in [0.717, 1.165) is 23.5 Å². The van der Waals surface area contributed by atoms with E-state index in [-0.39, 0.29) is 0 Å². The molecule has 0 aliphatic carbocycles. The normalized spacial score (nSPS) is 10.1. The Kier molecular flexibility index (Phi) is 4.95. The molecule has 6 heteroatoms. The molecule has 0 radical (unpaired) electrons. The van der Waals surface area contributed by atoms with Crippen molar-refractivity contribution in [3.8, 4) is 5.75 Å². The summed E-state index contributed by atoms with van der Waals surface area (Å²) < 4.78 is 6.99. The molecule has 5 nitrogen and oxygen atoms in total. The van der Waals surface area contributed by atoms with E-state index in [1.165, 1.54) is 0 Å². The fourth-order valence-corrected chi connectivity index (χ4v) is 1.89. The average Bonchev–Trinajstić information content (AvgIpc) is 2.94. The van der Waals surface area contributed by atoms with E-state index in [4.69, 9.17) is 17.0 Å². The van der Waals surface area contributed by atoms with Gasteiger partial charge in [-0.3, -0.25) is 4.68 Å². The number of hydrogen-bond donors (Lipinski definition) is 2. The van der Waals surface area contributed by atoms with Crippen LogP contribution < -0.4 is 15.4 Å². The number of hydrogen-bond acceptors (Lipinski definition) is 3. The first-order chi connectivity index (χ1) is 9.71. The summed E-state index contributed by atoms with van der Waals surface area (Å²) in [5.74, 6) is 0.821. The van der Waals surface area contributed by atoms with E-state index in [2.05, 4.69) is 22.7 Å². The van der Waals surface area contributed by atoms with Gasteiger partial charge in [0, 0.05) is 30.5 Å². The maximum atomic E-state index is 5.25. The maximum Gasteiger partial charge on any atom is 0.171 e. The Morgan fingerprint density at radius 2 is 2.10 bits per heavy atom. The van der Waals surface area contributed by atoms with Crippen LogP contribution in [0.3, 0.4) is 0 Å². The van der Waals surface area contributed by atoms with Gasteiger partial charge in [0.15, 0.2) is 5.11 Å². The van der Waals surface area contributed by atoms with E-state index in [0.29, 0.717) is 11.7 Å². The number of rotatable bonds is 5. The van der Waals surface area contributed by atoms with Crippen LogP contribution in [0.5, 0.6) is 5.75 Å². The van der Waals surface area contributed by atoms with Crippen molar-refractivity contribution in [2.75, 3.05) is 12.4 Å². The monoisotopic (exact) mass is 290 g/mol. The number of aromatic nitrogens is 2. The molecule has 0 atom stereocenters. The van der Waals surface area contributed by atoms with Crippen molar-refractivity contribution in [3.05, 3.63) is 42.2 Å². The predicted molar refractivity (Wildman–Crippen MR) is 84.0 cm³/mol. The summed E-state index contributed by atoms with van der Waals surface area (Å²) in [6.07, 6.45) is 3.84. The second kappa shape index (κ2) is 6.91. The van der Waals surface area contributed by atoms with Gasteiger partial charge in [0.2, 0.25) is 0 Å². The van der Waals surface area contributed by atoms with Crippen molar-refractivity contribution in [2.24, 2.45) is 0 Å². The summed E-state index contributed by atoms with van der Waals surface area (Å²) in [6, 6.07) is 7.61. The van der Waals surface area contributed by atoms with Gasteiger partial charge in [-0.25, -0.2) is 0 Å². The summed E-state index contributed by atoms with van der Waals surface area (Å²) in [7, 11) is 1.64. The predicted octanol–water partition coefficient (Wildman–Crippen LogP) is 2.40. The van der Waals surface area contributed by atoms with E-state index >= 15 is 0 Å². The average molecular weight is 290 g/mol. The second-order valence-corrected chi connectivity index (χ2v) is 4.65. The number of thiocarbonyl (C=S) groups is 1. The van der Waals surface area contributed by atoms with E-state index in [9.17, 15) is 0 Å². The lowest BCUT2D eigenvalue weighted by molar-refractivity contribution is 0.415. The summed E-state index contributed by atoms with van der Waals surface area (Å²) in [6.45, 7) is 3.58. The SMILES string of the molecule is CCn1cc(CNC(=S)Nc2ccc(OC)cc2)cn1. The first-order valence-corrected chi connectivity index (χ1v) is 6.82. The molecule has 0 amide bonds. The number of nitrogens with one attached hydrogen (secondary N) is 2. The van der Waals surface area contributed by atoms with Crippen molar-refractivity contribution in [1.29, 1.82) is 0 Å². The highest BCUT2D eigenvalue weighted by molar-refractivity contribution is 7.80. The molecule has 0 aliphatic heterocycles. The molecule has 0 spiro atoms. The van der Waals surface area contributed by atoms with Crippen molar-refractivity contribution < 1.29 is 4.74 Å². The zero-order valence-corrected chi connectivity index (χ0v) is 12.4. The standard InChI is InChI=1S/C14H18N4OS/c1-3-18-10-11(9-16-18)8-15-14(20)17-12-4-6-13(19-2)7-5-12/h4-7,9-10H,3,8H2,1-2H3,(H2,15,17,20). The van der Waals surface area contributed by atoms with Crippen LogP contribution in [0.15, 0.2) is 36.7 Å². The quantitative estimate of drug-likeness (QED) is 0.828. The van der Waals surface area contributed by atoms with Gasteiger partial charge >= 0.3 is 0 Å². The maximum absolute atomic E-state index is 5.25. The number of methoxy groups -OCH3 is 1. The highest BCUT2D eigenvalue weighted by Crippen LogP contribution is 2.14. The van der Waals surface area contributed by atoms with Crippen LogP contribution in [0.1, 0.15) is 12.5 Å². The third-order valence-electron chi connectivity index (χ3n) is 2.81. The molecule has 0 saturated heterocycles. The largest absolute Gasteiger partial charge is 0.497 e. The minimum atomic E-state index is 0.583. The molecule has 1 aromatic carbocycles. The van der Waals surface area contributed by atoms with Gasteiger partial charge in [-0.2, -0.15) is 5.10 Å². The van der Waals surface area contributed by atoms with Crippen LogP contribution in [0.2, 0.25) is 0 Å². The second-order valence-electron chi connectivity index (χ2n) is 4.24. The van der Waals surface area contributed by atoms with E-state index < -0.39 is 0 Å². The molecule has 1 heterocycles. The van der Waals surface area contributed by atoms with Gasteiger partial charge in [-0.15, -0.1) is 0 Å². The molecular weight excluding hydrogens is 272 g/mol. The van der Waals surface area contributed by atoms with Crippen LogP contribution in [0.25, 0.3) is 0 Å². The van der Waals surface area contributed by atoms with Crippen LogP contribution >= 0.6 is 12.2 Å². The van der Waals surface area contributed by atoms with Crippen molar-refractivity contribution in [2.45, 2.75) is 20.0 Å². The summed E-state index contributed by atoms with van der Waals surface area (Å²) >= 11 is 5.25. The zero-order valence-electron chi connectivity index (χ0n) is 11.6. The lowest BCUT2D eigenvalue weighted by Gasteiger charge is -2.10. The van der Waals surface area contributed by atoms with Gasteiger partial charge in [0.25, 0.3) is 0 Å². The number of ether oxygens (including phenoxy) is 1. The van der Waals surface area contributed by atoms with Gasteiger partial charge < -0.3 is 15.4 Å². The van der Waals surface area contributed by atoms with Crippen molar-refractivity contribution in [3.63, 3.8) is 0 Å². The number of benzene rings is 1. The van der Waals surface area contributed by atoms with Crippen molar-refractivity contribution in [1.82, 2.24) is 15.1 Å². The van der Waals surface area contributed by atoms with Gasteiger partial charge in [-0.05, 0) is 43.4 Å². The smallest absolute Gasteiger partial charge is 0.171 e. The lowest BCUT2D eigenvalue weighted by atomic mass is 10.3. The molecule has 2 aromatic rings. The lowest BCUT2D eigenvalue weighted by Crippen LogP contribution is -2.27. The summed E-state index contributed by atoms with van der Waals surface area (Å²) in [4.78, 5) is 0. The minimum absolute atomic E-state index is 0.583. The molecule has 0 saturated carbocycles. The van der Waals surface area contributed by atoms with Gasteiger partial charge in [0.05, 0.1) is 13.3 Å². The molecule has 0 bridgehead atoms. The number of anilines is 1. The molecule has 1 aromatic heterocycles.